The number of fused-ring (bicyclic) bond motifs is 1. The summed E-state index contributed by atoms with van der Waals surface area (Å²) >= 11 is 0. The topological polar surface area (TPSA) is 84.4 Å². The monoisotopic (exact) mass is 278 g/mol. The number of amides is 1. The van der Waals surface area contributed by atoms with Gasteiger partial charge in [0.05, 0.1) is 6.20 Å². The minimum absolute atomic E-state index is 0.0154. The smallest absolute Gasteiger partial charge is 0.407 e. The van der Waals surface area contributed by atoms with Crippen LogP contribution in [0.15, 0.2) is 12.3 Å². The number of hydrogen-bond acceptors (Lipinski definition) is 3. The molecule has 0 radical (unpaired) electrons. The number of rotatable bonds is 1. The molecule has 1 saturated heterocycles. The first kappa shape index (κ1) is 12.7. The van der Waals surface area contributed by atoms with E-state index in [0.717, 1.165) is 5.56 Å². The first-order chi connectivity index (χ1) is 9.49. The SMILES string of the molecule is Cn1ncc2c(C3CCN(C(=O)O)C3)c(N)cc(F)c21. The normalized spacial score (nSPS) is 18.9. The third-order valence-corrected chi connectivity index (χ3v) is 3.92. The molecule has 7 heteroatoms. The third-order valence-electron chi connectivity index (χ3n) is 3.92. The minimum atomic E-state index is -0.935. The summed E-state index contributed by atoms with van der Waals surface area (Å²) in [5.41, 5.74) is 7.53. The molecule has 1 amide bonds. The molecule has 2 aromatic rings. The molecule has 3 rings (SSSR count). The van der Waals surface area contributed by atoms with Crippen LogP contribution >= 0.6 is 0 Å². The Morgan fingerprint density at radius 3 is 3.00 bits per heavy atom. The number of hydrogen-bond donors (Lipinski definition) is 2. The molecule has 1 aromatic carbocycles. The van der Waals surface area contributed by atoms with Gasteiger partial charge in [0.15, 0.2) is 5.82 Å². The molecule has 2 heterocycles. The zero-order valence-corrected chi connectivity index (χ0v) is 11.0. The number of nitrogens with two attached hydrogens (primary N) is 1. The van der Waals surface area contributed by atoms with Crippen LogP contribution in [0.1, 0.15) is 17.9 Å². The van der Waals surface area contributed by atoms with Crippen LogP contribution in [0.4, 0.5) is 14.9 Å². The summed E-state index contributed by atoms with van der Waals surface area (Å²) in [5.74, 6) is -0.423. The van der Waals surface area contributed by atoms with E-state index >= 15 is 0 Å². The van der Waals surface area contributed by atoms with Gasteiger partial charge >= 0.3 is 6.09 Å². The molecule has 20 heavy (non-hydrogen) atoms. The Hall–Kier alpha value is -2.31. The van der Waals surface area contributed by atoms with Crippen LogP contribution in [0.3, 0.4) is 0 Å². The Morgan fingerprint density at radius 2 is 2.35 bits per heavy atom. The first-order valence-electron chi connectivity index (χ1n) is 6.36. The van der Waals surface area contributed by atoms with E-state index in [1.54, 1.807) is 13.2 Å². The highest BCUT2D eigenvalue weighted by molar-refractivity contribution is 5.88. The standard InChI is InChI=1S/C13H15FN4O2/c1-17-12-8(5-16-17)11(10(15)4-9(12)14)7-2-3-18(6-7)13(19)20/h4-5,7H,2-3,6,15H2,1H3,(H,19,20). The summed E-state index contributed by atoms with van der Waals surface area (Å²) in [5, 5.41) is 13.8. The van der Waals surface area contributed by atoms with Gasteiger partial charge in [-0.05, 0) is 18.1 Å². The van der Waals surface area contributed by atoms with Crippen LogP contribution in [0.5, 0.6) is 0 Å². The van der Waals surface area contributed by atoms with E-state index < -0.39 is 11.9 Å². The lowest BCUT2D eigenvalue weighted by Gasteiger charge is -2.16. The van der Waals surface area contributed by atoms with Crippen LogP contribution < -0.4 is 5.73 Å². The summed E-state index contributed by atoms with van der Waals surface area (Å²) in [6.07, 6.45) is 1.34. The van der Waals surface area contributed by atoms with Crippen molar-refractivity contribution in [2.24, 2.45) is 7.05 Å². The number of likely N-dealkylation sites (tertiary alicyclic amines) is 1. The Bertz CT molecular complexity index is 697. The van der Waals surface area contributed by atoms with Crippen molar-refractivity contribution >= 4 is 22.7 Å². The van der Waals surface area contributed by atoms with Crippen molar-refractivity contribution in [3.8, 4) is 0 Å². The molecule has 1 aliphatic heterocycles. The summed E-state index contributed by atoms with van der Waals surface area (Å²) in [6.45, 7) is 0.855. The molecule has 1 aliphatic rings. The lowest BCUT2D eigenvalue weighted by Crippen LogP contribution is -2.26. The number of carbonyl (C=O) groups is 1. The predicted octanol–water partition coefficient (Wildman–Crippen LogP) is 1.76. The predicted molar refractivity (Wildman–Crippen MR) is 72.0 cm³/mol. The molecule has 6 nitrogen and oxygen atoms in total. The average Bonchev–Trinajstić information content (AvgIpc) is 2.97. The maximum Gasteiger partial charge on any atom is 0.407 e. The van der Waals surface area contributed by atoms with Gasteiger partial charge in [0, 0.05) is 37.1 Å². The molecule has 106 valence electrons. The van der Waals surface area contributed by atoms with Gasteiger partial charge in [0.25, 0.3) is 0 Å². The quantitative estimate of drug-likeness (QED) is 0.778. The van der Waals surface area contributed by atoms with Crippen molar-refractivity contribution in [2.45, 2.75) is 12.3 Å². The highest BCUT2D eigenvalue weighted by Gasteiger charge is 2.30. The van der Waals surface area contributed by atoms with Crippen LogP contribution in [-0.4, -0.2) is 39.0 Å². The number of halogens is 1. The second-order valence-electron chi connectivity index (χ2n) is 5.11. The average molecular weight is 278 g/mol. The third kappa shape index (κ3) is 1.77. The molecule has 1 atom stereocenters. The highest BCUT2D eigenvalue weighted by atomic mass is 19.1. The minimum Gasteiger partial charge on any atom is -0.465 e. The summed E-state index contributed by atoms with van der Waals surface area (Å²) in [6, 6.07) is 1.29. The largest absolute Gasteiger partial charge is 0.465 e. The van der Waals surface area contributed by atoms with E-state index in [2.05, 4.69) is 5.10 Å². The van der Waals surface area contributed by atoms with Gasteiger partial charge in [-0.1, -0.05) is 0 Å². The van der Waals surface area contributed by atoms with E-state index in [1.165, 1.54) is 15.6 Å². The fourth-order valence-electron chi connectivity index (χ4n) is 2.98. The molecule has 0 spiro atoms. The molecular weight excluding hydrogens is 263 g/mol. The second kappa shape index (κ2) is 4.36. The molecule has 0 aliphatic carbocycles. The molecule has 1 unspecified atom stereocenters. The maximum absolute atomic E-state index is 14.0. The Kier molecular flexibility index (Phi) is 2.77. The van der Waals surface area contributed by atoms with E-state index in [1.807, 2.05) is 0 Å². The lowest BCUT2D eigenvalue weighted by molar-refractivity contribution is 0.155. The van der Waals surface area contributed by atoms with Gasteiger partial charge in [-0.15, -0.1) is 0 Å². The van der Waals surface area contributed by atoms with Crippen molar-refractivity contribution in [1.82, 2.24) is 14.7 Å². The number of benzene rings is 1. The number of aryl methyl sites for hydroxylation is 1. The zero-order chi connectivity index (χ0) is 14.4. The number of anilines is 1. The van der Waals surface area contributed by atoms with Crippen molar-refractivity contribution in [1.29, 1.82) is 0 Å². The zero-order valence-electron chi connectivity index (χ0n) is 11.0. The van der Waals surface area contributed by atoms with Gasteiger partial charge in [0.1, 0.15) is 5.52 Å². The second-order valence-corrected chi connectivity index (χ2v) is 5.11. The highest BCUT2D eigenvalue weighted by Crippen LogP contribution is 2.37. The van der Waals surface area contributed by atoms with Gasteiger partial charge in [-0.2, -0.15) is 5.10 Å². The number of nitrogens with zero attached hydrogens (tertiary/aromatic N) is 3. The van der Waals surface area contributed by atoms with E-state index in [9.17, 15) is 9.18 Å². The van der Waals surface area contributed by atoms with Gasteiger partial charge in [-0.25, -0.2) is 9.18 Å². The molecular formula is C13H15FN4O2. The Labute approximate surface area is 114 Å². The lowest BCUT2D eigenvalue weighted by atomic mass is 9.93. The van der Waals surface area contributed by atoms with E-state index in [0.29, 0.717) is 36.1 Å². The molecule has 0 saturated carbocycles. The van der Waals surface area contributed by atoms with Crippen LogP contribution in [-0.2, 0) is 7.05 Å². The fraction of sp³-hybridized carbons (Fsp3) is 0.385. The van der Waals surface area contributed by atoms with Crippen LogP contribution in [0, 0.1) is 5.82 Å². The van der Waals surface area contributed by atoms with Crippen molar-refractivity contribution in [2.75, 3.05) is 18.8 Å². The molecule has 3 N–H and O–H groups in total. The first-order valence-corrected chi connectivity index (χ1v) is 6.36. The van der Waals surface area contributed by atoms with Crippen molar-refractivity contribution < 1.29 is 14.3 Å². The van der Waals surface area contributed by atoms with Gasteiger partial charge in [-0.3, -0.25) is 4.68 Å². The Balaban J connectivity index is 2.10. The van der Waals surface area contributed by atoms with Gasteiger partial charge < -0.3 is 15.7 Å². The molecule has 1 fully saturated rings. The number of nitrogen functional groups attached to an aromatic ring is 1. The van der Waals surface area contributed by atoms with Crippen molar-refractivity contribution in [3.05, 3.63) is 23.6 Å². The van der Waals surface area contributed by atoms with Crippen molar-refractivity contribution in [3.63, 3.8) is 0 Å². The maximum atomic E-state index is 14.0. The number of aromatic nitrogens is 2. The van der Waals surface area contributed by atoms with E-state index in [4.69, 9.17) is 10.8 Å². The Morgan fingerprint density at radius 1 is 1.60 bits per heavy atom. The fourth-order valence-corrected chi connectivity index (χ4v) is 2.98. The summed E-state index contributed by atoms with van der Waals surface area (Å²) in [7, 11) is 1.67. The summed E-state index contributed by atoms with van der Waals surface area (Å²) in [4.78, 5) is 12.4. The van der Waals surface area contributed by atoms with Crippen LogP contribution in [0.25, 0.3) is 10.9 Å². The number of carboxylic acid groups (broad SMARTS) is 1. The molecule has 1 aromatic heterocycles. The van der Waals surface area contributed by atoms with Gasteiger partial charge in [0.2, 0.25) is 0 Å². The van der Waals surface area contributed by atoms with Crippen LogP contribution in [0.2, 0.25) is 0 Å². The van der Waals surface area contributed by atoms with E-state index in [-0.39, 0.29) is 5.92 Å². The summed E-state index contributed by atoms with van der Waals surface area (Å²) < 4.78 is 15.4. The molecule has 0 bridgehead atoms.